The standard InChI is InChI=1S/C62H36N6O2/c1-3-15-37(16-4-1)60-64-61(38-17-5-2-6-18-38)66-62(65-60)39-27-30-50(67-48-23-11-7-21-45(48)56-51(67)31-28-43-41-19-9-13-25-54(41)69-58(43)56)47(35-39)40-33-34-63-36-53(40)68-49-24-12-8-22-46(49)57-52(68)32-29-44-42-20-10-14-26-55(42)70-59(44)57/h1-36H. The highest BCUT2D eigenvalue weighted by Crippen LogP contribution is 2.46. The van der Waals surface area contributed by atoms with Crippen LogP contribution in [0.3, 0.4) is 0 Å². The van der Waals surface area contributed by atoms with E-state index >= 15 is 0 Å². The second kappa shape index (κ2) is 14.9. The van der Waals surface area contributed by atoms with Crippen molar-refractivity contribution < 1.29 is 8.83 Å². The van der Waals surface area contributed by atoms with Crippen molar-refractivity contribution in [2.45, 2.75) is 0 Å². The average molecular weight is 897 g/mol. The summed E-state index contributed by atoms with van der Waals surface area (Å²) in [6, 6.07) is 71.5. The normalized spacial score (nSPS) is 12.0. The van der Waals surface area contributed by atoms with Gasteiger partial charge in [-0.05, 0) is 72.8 Å². The summed E-state index contributed by atoms with van der Waals surface area (Å²) >= 11 is 0. The number of pyridine rings is 1. The molecule has 0 aliphatic rings. The van der Waals surface area contributed by atoms with Crippen LogP contribution >= 0.6 is 0 Å². The van der Waals surface area contributed by atoms with Gasteiger partial charge in [-0.2, -0.15) is 0 Å². The first kappa shape index (κ1) is 38.4. The fraction of sp³-hybridized carbons (Fsp3) is 0. The van der Waals surface area contributed by atoms with Gasteiger partial charge in [0.15, 0.2) is 17.5 Å². The predicted octanol–water partition coefficient (Wildman–Crippen LogP) is 15.9. The number of fused-ring (bicyclic) bond motifs is 14. The minimum absolute atomic E-state index is 0.562. The van der Waals surface area contributed by atoms with Gasteiger partial charge in [0.1, 0.15) is 22.3 Å². The summed E-state index contributed by atoms with van der Waals surface area (Å²) in [5.41, 5.74) is 14.0. The van der Waals surface area contributed by atoms with Gasteiger partial charge in [-0.1, -0.05) is 133 Å². The van der Waals surface area contributed by atoms with E-state index in [2.05, 4.69) is 130 Å². The van der Waals surface area contributed by atoms with E-state index in [1.165, 1.54) is 0 Å². The highest BCUT2D eigenvalue weighted by atomic mass is 16.3. The Balaban J connectivity index is 1.04. The molecule has 0 amide bonds. The summed E-state index contributed by atoms with van der Waals surface area (Å²) in [7, 11) is 0. The zero-order chi connectivity index (χ0) is 45.9. The van der Waals surface area contributed by atoms with Crippen LogP contribution in [0.15, 0.2) is 227 Å². The number of hydrogen-bond donors (Lipinski definition) is 0. The molecular weight excluding hydrogens is 861 g/mol. The molecule has 0 radical (unpaired) electrons. The van der Waals surface area contributed by atoms with Crippen LogP contribution in [0.4, 0.5) is 0 Å². The molecule has 8 heteroatoms. The highest BCUT2D eigenvalue weighted by Gasteiger charge is 2.25. The highest BCUT2D eigenvalue weighted by molar-refractivity contribution is 6.25. The first-order valence-corrected chi connectivity index (χ1v) is 23.4. The lowest BCUT2D eigenvalue weighted by atomic mass is 9.99. The van der Waals surface area contributed by atoms with Crippen molar-refractivity contribution in [2.75, 3.05) is 0 Å². The molecule has 6 aromatic heterocycles. The molecule has 0 aliphatic heterocycles. The van der Waals surface area contributed by atoms with Gasteiger partial charge >= 0.3 is 0 Å². The van der Waals surface area contributed by atoms with E-state index in [-0.39, 0.29) is 0 Å². The number of hydrogen-bond acceptors (Lipinski definition) is 6. The lowest BCUT2D eigenvalue weighted by molar-refractivity contribution is 0.672. The van der Waals surface area contributed by atoms with Crippen LogP contribution in [0.2, 0.25) is 0 Å². The largest absolute Gasteiger partial charge is 0.455 e. The van der Waals surface area contributed by atoms with Gasteiger partial charge in [-0.15, -0.1) is 0 Å². The number of aromatic nitrogens is 6. The van der Waals surface area contributed by atoms with Crippen LogP contribution in [0, 0.1) is 0 Å². The summed E-state index contributed by atoms with van der Waals surface area (Å²) in [6.07, 6.45) is 3.86. The van der Waals surface area contributed by atoms with E-state index in [1.54, 1.807) is 0 Å². The van der Waals surface area contributed by atoms with Crippen molar-refractivity contribution in [3.05, 3.63) is 219 Å². The maximum Gasteiger partial charge on any atom is 0.164 e. The number of furan rings is 2. The van der Waals surface area contributed by atoms with Crippen molar-refractivity contribution >= 4 is 87.5 Å². The van der Waals surface area contributed by atoms with Gasteiger partial charge in [0.05, 0.1) is 50.4 Å². The minimum atomic E-state index is 0.562. The van der Waals surface area contributed by atoms with Crippen molar-refractivity contribution in [1.29, 1.82) is 0 Å². The fourth-order valence-electron chi connectivity index (χ4n) is 10.8. The molecule has 9 aromatic carbocycles. The van der Waals surface area contributed by atoms with Crippen LogP contribution in [0.5, 0.6) is 0 Å². The van der Waals surface area contributed by atoms with E-state index in [0.717, 1.165) is 127 Å². The summed E-state index contributed by atoms with van der Waals surface area (Å²) in [6.45, 7) is 0. The summed E-state index contributed by atoms with van der Waals surface area (Å²) in [5, 5.41) is 8.66. The Morgan fingerprint density at radius 1 is 0.329 bits per heavy atom. The quantitative estimate of drug-likeness (QED) is 0.165. The van der Waals surface area contributed by atoms with Crippen molar-refractivity contribution in [3.8, 4) is 56.7 Å². The molecule has 326 valence electrons. The monoisotopic (exact) mass is 896 g/mol. The summed E-state index contributed by atoms with van der Waals surface area (Å²) in [4.78, 5) is 20.3. The van der Waals surface area contributed by atoms with Crippen LogP contribution in [0.1, 0.15) is 0 Å². The zero-order valence-corrected chi connectivity index (χ0v) is 37.3. The van der Waals surface area contributed by atoms with E-state index < -0.39 is 0 Å². The molecule has 0 saturated carbocycles. The van der Waals surface area contributed by atoms with E-state index in [4.69, 9.17) is 28.8 Å². The van der Waals surface area contributed by atoms with Crippen molar-refractivity contribution in [1.82, 2.24) is 29.1 Å². The van der Waals surface area contributed by atoms with Crippen LogP contribution in [-0.4, -0.2) is 29.1 Å². The molecule has 0 spiro atoms. The second-order valence-corrected chi connectivity index (χ2v) is 17.7. The first-order chi connectivity index (χ1) is 34.7. The predicted molar refractivity (Wildman–Crippen MR) is 283 cm³/mol. The number of para-hydroxylation sites is 4. The van der Waals surface area contributed by atoms with Crippen LogP contribution < -0.4 is 0 Å². The number of benzene rings is 9. The molecule has 8 nitrogen and oxygen atoms in total. The van der Waals surface area contributed by atoms with E-state index in [0.29, 0.717) is 17.5 Å². The average Bonchev–Trinajstić information content (AvgIpc) is 4.19. The van der Waals surface area contributed by atoms with Gasteiger partial charge in [-0.3, -0.25) is 4.98 Å². The Labute approximate surface area is 399 Å². The molecule has 0 saturated heterocycles. The van der Waals surface area contributed by atoms with Crippen LogP contribution in [0.25, 0.3) is 144 Å². The molecule has 0 bridgehead atoms. The maximum atomic E-state index is 6.75. The second-order valence-electron chi connectivity index (χ2n) is 17.7. The molecule has 6 heterocycles. The Kier molecular flexibility index (Phi) is 8.20. The molecule has 0 fully saturated rings. The third-order valence-electron chi connectivity index (χ3n) is 13.9. The Morgan fingerprint density at radius 3 is 1.36 bits per heavy atom. The lowest BCUT2D eigenvalue weighted by Crippen LogP contribution is -2.04. The van der Waals surface area contributed by atoms with Gasteiger partial charge in [0, 0.05) is 66.3 Å². The van der Waals surface area contributed by atoms with Crippen molar-refractivity contribution in [3.63, 3.8) is 0 Å². The fourth-order valence-corrected chi connectivity index (χ4v) is 10.8. The SMILES string of the molecule is c1ccc(-c2nc(-c3ccccc3)nc(-c3ccc(-n4c5ccccc5c5c6oc7ccccc7c6ccc54)c(-c4ccncc4-n4c5ccccc5c5c6oc7ccccc7c6ccc54)c3)n2)cc1. The number of nitrogens with zero attached hydrogens (tertiary/aromatic N) is 6. The van der Waals surface area contributed by atoms with E-state index in [9.17, 15) is 0 Å². The Bertz CT molecular complexity index is 4540. The van der Waals surface area contributed by atoms with Gasteiger partial charge in [0.25, 0.3) is 0 Å². The van der Waals surface area contributed by atoms with Crippen LogP contribution in [-0.2, 0) is 0 Å². The molecule has 0 N–H and O–H groups in total. The van der Waals surface area contributed by atoms with Crippen molar-refractivity contribution in [2.24, 2.45) is 0 Å². The number of rotatable bonds is 6. The molecule has 15 aromatic rings. The molecule has 70 heavy (non-hydrogen) atoms. The minimum Gasteiger partial charge on any atom is -0.455 e. The Hall–Kier alpha value is -9.66. The Morgan fingerprint density at radius 2 is 0.800 bits per heavy atom. The van der Waals surface area contributed by atoms with Gasteiger partial charge in [-0.25, -0.2) is 15.0 Å². The topological polar surface area (TPSA) is 87.7 Å². The summed E-state index contributed by atoms with van der Waals surface area (Å²) in [5.74, 6) is 1.75. The zero-order valence-electron chi connectivity index (χ0n) is 37.3. The van der Waals surface area contributed by atoms with Gasteiger partial charge < -0.3 is 18.0 Å². The summed E-state index contributed by atoms with van der Waals surface area (Å²) < 4.78 is 18.2. The third-order valence-corrected chi connectivity index (χ3v) is 13.9. The third kappa shape index (κ3) is 5.64. The first-order valence-electron chi connectivity index (χ1n) is 23.4. The van der Waals surface area contributed by atoms with Gasteiger partial charge in [0.2, 0.25) is 0 Å². The lowest BCUT2D eigenvalue weighted by Gasteiger charge is -2.19. The molecule has 0 unspecified atom stereocenters. The smallest absolute Gasteiger partial charge is 0.164 e. The molecule has 0 atom stereocenters. The molecule has 0 aliphatic carbocycles. The maximum absolute atomic E-state index is 6.75. The molecular formula is C62H36N6O2. The van der Waals surface area contributed by atoms with E-state index in [1.807, 2.05) is 97.3 Å². The molecule has 15 rings (SSSR count).